The Morgan fingerprint density at radius 2 is 1.43 bits per heavy atom. The Morgan fingerprint density at radius 3 is 2.23 bits per heavy atom. The van der Waals surface area contributed by atoms with Gasteiger partial charge in [-0.2, -0.15) is 5.10 Å². The van der Waals surface area contributed by atoms with Crippen LogP contribution in [0.1, 0.15) is 11.3 Å². The monoisotopic (exact) mass is 583 g/mol. The lowest BCUT2D eigenvalue weighted by atomic mass is 10.1. The van der Waals surface area contributed by atoms with Gasteiger partial charge in [-0.25, -0.2) is 19.3 Å². The van der Waals surface area contributed by atoms with Crippen LogP contribution in [0.5, 0.6) is 11.5 Å². The van der Waals surface area contributed by atoms with Crippen LogP contribution in [0.4, 0.5) is 32.6 Å². The third-order valence-corrected chi connectivity index (χ3v) is 6.72. The number of rotatable bonds is 7. The number of urea groups is 2. The van der Waals surface area contributed by atoms with Gasteiger partial charge < -0.3 is 15.4 Å². The van der Waals surface area contributed by atoms with E-state index in [4.69, 9.17) is 4.74 Å². The molecule has 0 saturated carbocycles. The van der Waals surface area contributed by atoms with E-state index in [0.717, 1.165) is 27.7 Å². The zero-order chi connectivity index (χ0) is 30.5. The average Bonchev–Trinajstić information content (AvgIpc) is 3.38. The van der Waals surface area contributed by atoms with Crippen molar-refractivity contribution in [1.82, 2.24) is 14.8 Å². The number of pyridine rings is 1. The van der Waals surface area contributed by atoms with Crippen LogP contribution in [0.15, 0.2) is 115 Å². The van der Waals surface area contributed by atoms with Crippen LogP contribution >= 0.6 is 0 Å². The number of para-hydroxylation sites is 1. The summed E-state index contributed by atoms with van der Waals surface area (Å²) in [6, 6.07) is 32.6. The number of fused-ring (bicyclic) bond motifs is 1. The van der Waals surface area contributed by atoms with E-state index < -0.39 is 12.1 Å². The third kappa shape index (κ3) is 6.50. The second-order valence-electron chi connectivity index (χ2n) is 10.1. The van der Waals surface area contributed by atoms with Gasteiger partial charge in [-0.05, 0) is 56.3 Å². The van der Waals surface area contributed by atoms with Crippen molar-refractivity contribution in [2.45, 2.75) is 13.8 Å². The number of carbonyl (C=O) groups is 2. The summed E-state index contributed by atoms with van der Waals surface area (Å²) in [6.07, 6.45) is 1.55. The Morgan fingerprint density at radius 1 is 0.705 bits per heavy atom. The minimum absolute atomic E-state index is 0.329. The molecule has 2 heterocycles. The number of ether oxygens (including phenoxy) is 1. The van der Waals surface area contributed by atoms with E-state index in [-0.39, 0.29) is 0 Å². The molecule has 0 aliphatic heterocycles. The normalized spacial score (nSPS) is 10.7. The van der Waals surface area contributed by atoms with Crippen molar-refractivity contribution in [2.75, 3.05) is 21.3 Å². The Kier molecular flexibility index (Phi) is 7.87. The summed E-state index contributed by atoms with van der Waals surface area (Å²) in [5, 5.41) is 17.5. The van der Waals surface area contributed by atoms with E-state index in [1.165, 1.54) is 0 Å². The zero-order valence-corrected chi connectivity index (χ0v) is 24.0. The molecule has 0 saturated heterocycles. The quantitative estimate of drug-likeness (QED) is 0.151. The number of nitrogens with one attached hydrogen (secondary N) is 4. The predicted octanol–water partition coefficient (Wildman–Crippen LogP) is 8.12. The fraction of sp³-hybridized carbons (Fsp3) is 0.0588. The highest BCUT2D eigenvalue weighted by atomic mass is 16.5. The van der Waals surface area contributed by atoms with Gasteiger partial charge in [0.15, 0.2) is 0 Å². The number of nitrogens with zero attached hydrogens (tertiary/aromatic N) is 3. The molecular weight excluding hydrogens is 554 g/mol. The van der Waals surface area contributed by atoms with Crippen LogP contribution in [0, 0.1) is 13.8 Å². The maximum absolute atomic E-state index is 13.1. The number of aryl methyl sites for hydroxylation is 2. The third-order valence-electron chi connectivity index (χ3n) is 6.72. The smallest absolute Gasteiger partial charge is 0.324 e. The molecule has 44 heavy (non-hydrogen) atoms. The van der Waals surface area contributed by atoms with Gasteiger partial charge in [-0.3, -0.25) is 10.6 Å². The van der Waals surface area contributed by atoms with Crippen LogP contribution in [0.25, 0.3) is 16.5 Å². The van der Waals surface area contributed by atoms with E-state index in [9.17, 15) is 9.59 Å². The summed E-state index contributed by atoms with van der Waals surface area (Å²) in [5.41, 5.74) is 4.03. The number of anilines is 4. The molecule has 6 aromatic rings. The number of hydrogen-bond donors (Lipinski definition) is 4. The highest BCUT2D eigenvalue weighted by Crippen LogP contribution is 2.35. The minimum atomic E-state index is -0.419. The molecule has 4 aromatic carbocycles. The van der Waals surface area contributed by atoms with Crippen molar-refractivity contribution in [3.63, 3.8) is 0 Å². The van der Waals surface area contributed by atoms with Gasteiger partial charge in [0.05, 0.1) is 17.1 Å². The standard InChI is InChI=1S/C34H29N7O3/c1-22-12-14-25(15-13-22)41-32(20-23(2)40-41)39-34(43)37-29-16-17-30(28-11-7-6-10-27(28)29)44-26-18-19-35-31(21-26)38-33(42)36-24-8-4-3-5-9-24/h3-21H,1-2H3,(H2,37,39,43)(H2,35,36,38,42). The van der Waals surface area contributed by atoms with E-state index in [0.29, 0.717) is 34.5 Å². The maximum atomic E-state index is 13.1. The number of aromatic nitrogens is 3. The first kappa shape index (κ1) is 28.0. The number of benzene rings is 4. The molecule has 0 bridgehead atoms. The number of carbonyl (C=O) groups excluding carboxylic acids is 2. The van der Waals surface area contributed by atoms with Gasteiger partial charge in [-0.1, -0.05) is 60.2 Å². The summed E-state index contributed by atoms with van der Waals surface area (Å²) in [4.78, 5) is 29.8. The summed E-state index contributed by atoms with van der Waals surface area (Å²) >= 11 is 0. The van der Waals surface area contributed by atoms with E-state index in [1.807, 2.05) is 86.6 Å². The van der Waals surface area contributed by atoms with Gasteiger partial charge in [0.1, 0.15) is 23.1 Å². The fourth-order valence-electron chi connectivity index (χ4n) is 4.68. The van der Waals surface area contributed by atoms with Crippen LogP contribution in [-0.2, 0) is 0 Å². The predicted molar refractivity (Wildman–Crippen MR) is 173 cm³/mol. The largest absolute Gasteiger partial charge is 0.457 e. The van der Waals surface area contributed by atoms with Gasteiger partial charge in [-0.15, -0.1) is 0 Å². The highest BCUT2D eigenvalue weighted by Gasteiger charge is 2.14. The molecule has 6 rings (SSSR count). The van der Waals surface area contributed by atoms with Crippen LogP contribution < -0.4 is 26.0 Å². The molecule has 2 aromatic heterocycles. The van der Waals surface area contributed by atoms with Crippen molar-refractivity contribution >= 4 is 45.8 Å². The van der Waals surface area contributed by atoms with Crippen molar-refractivity contribution in [3.05, 3.63) is 127 Å². The molecule has 0 aliphatic carbocycles. The molecule has 0 radical (unpaired) electrons. The summed E-state index contributed by atoms with van der Waals surface area (Å²) in [6.45, 7) is 3.90. The average molecular weight is 584 g/mol. The highest BCUT2D eigenvalue weighted by molar-refractivity contribution is 6.07. The Balaban J connectivity index is 1.17. The molecule has 4 N–H and O–H groups in total. The molecule has 0 atom stereocenters. The van der Waals surface area contributed by atoms with Crippen LogP contribution in [-0.4, -0.2) is 26.8 Å². The first-order valence-electron chi connectivity index (χ1n) is 13.9. The lowest BCUT2D eigenvalue weighted by Crippen LogP contribution is -2.21. The summed E-state index contributed by atoms with van der Waals surface area (Å²) < 4.78 is 7.91. The van der Waals surface area contributed by atoms with Crippen molar-refractivity contribution < 1.29 is 14.3 Å². The molecular formula is C34H29N7O3. The Labute approximate surface area is 253 Å². The molecule has 0 fully saturated rings. The Hall–Kier alpha value is -6.16. The van der Waals surface area contributed by atoms with Gasteiger partial charge in [0.25, 0.3) is 0 Å². The first-order valence-corrected chi connectivity index (χ1v) is 13.9. The molecule has 0 unspecified atom stereocenters. The van der Waals surface area contributed by atoms with Gasteiger partial charge in [0.2, 0.25) is 0 Å². The van der Waals surface area contributed by atoms with E-state index in [1.54, 1.807) is 47.3 Å². The molecule has 218 valence electrons. The lowest BCUT2D eigenvalue weighted by Gasteiger charge is -2.15. The number of amides is 4. The molecule has 4 amide bonds. The van der Waals surface area contributed by atoms with Crippen molar-refractivity contribution in [3.8, 4) is 17.2 Å². The maximum Gasteiger partial charge on any atom is 0.324 e. The fourth-order valence-corrected chi connectivity index (χ4v) is 4.68. The Bertz CT molecular complexity index is 1950. The summed E-state index contributed by atoms with van der Waals surface area (Å²) in [5.74, 6) is 1.94. The first-order chi connectivity index (χ1) is 21.4. The molecule has 0 aliphatic rings. The van der Waals surface area contributed by atoms with Gasteiger partial charge >= 0.3 is 12.1 Å². The summed E-state index contributed by atoms with van der Waals surface area (Å²) in [7, 11) is 0. The second-order valence-corrected chi connectivity index (χ2v) is 10.1. The van der Waals surface area contributed by atoms with Crippen LogP contribution in [0.3, 0.4) is 0 Å². The zero-order valence-electron chi connectivity index (χ0n) is 24.0. The van der Waals surface area contributed by atoms with Crippen molar-refractivity contribution in [2.24, 2.45) is 0 Å². The lowest BCUT2D eigenvalue weighted by molar-refractivity contribution is 0.261. The SMILES string of the molecule is Cc1ccc(-n2nc(C)cc2NC(=O)Nc2ccc(Oc3ccnc(NC(=O)Nc4ccccc4)c3)c3ccccc23)cc1. The van der Waals surface area contributed by atoms with Crippen molar-refractivity contribution in [1.29, 1.82) is 0 Å². The molecule has 0 spiro atoms. The topological polar surface area (TPSA) is 122 Å². The number of hydrogen-bond acceptors (Lipinski definition) is 5. The molecule has 10 nitrogen and oxygen atoms in total. The van der Waals surface area contributed by atoms with E-state index in [2.05, 4.69) is 31.3 Å². The molecule has 10 heteroatoms. The van der Waals surface area contributed by atoms with Crippen LogP contribution in [0.2, 0.25) is 0 Å². The minimum Gasteiger partial charge on any atom is -0.457 e. The van der Waals surface area contributed by atoms with E-state index >= 15 is 0 Å². The second kappa shape index (κ2) is 12.4. The van der Waals surface area contributed by atoms with Gasteiger partial charge in [0, 0.05) is 34.8 Å².